The Morgan fingerprint density at radius 1 is 1.65 bits per heavy atom. The first-order chi connectivity index (χ1) is 9.63. The van der Waals surface area contributed by atoms with Gasteiger partial charge in [0, 0.05) is 31.5 Å². The molecule has 0 aromatic carbocycles. The number of thioether (sulfide) groups is 1. The molecule has 2 unspecified atom stereocenters. The summed E-state index contributed by atoms with van der Waals surface area (Å²) in [7, 11) is 1.88. The second-order valence-electron chi connectivity index (χ2n) is 5.90. The van der Waals surface area contributed by atoms with E-state index in [1.54, 1.807) is 4.68 Å². The molecule has 0 saturated carbocycles. The Morgan fingerprint density at radius 3 is 3.20 bits per heavy atom. The van der Waals surface area contributed by atoms with Gasteiger partial charge in [-0.1, -0.05) is 6.92 Å². The molecule has 1 aromatic heterocycles. The SMILES string of the molecule is CCc1nn(C)cc1C(=O)C1CCOC2(CCSC2)C1. The van der Waals surface area contributed by atoms with Crippen molar-refractivity contribution < 1.29 is 9.53 Å². The monoisotopic (exact) mass is 294 g/mol. The first-order valence-corrected chi connectivity index (χ1v) is 8.57. The van der Waals surface area contributed by atoms with Crippen LogP contribution in [0.2, 0.25) is 0 Å². The summed E-state index contributed by atoms with van der Waals surface area (Å²) in [5, 5.41) is 4.39. The Morgan fingerprint density at radius 2 is 2.50 bits per heavy atom. The number of aryl methyl sites for hydroxylation is 2. The molecule has 2 aliphatic rings. The van der Waals surface area contributed by atoms with Gasteiger partial charge in [-0.25, -0.2) is 0 Å². The van der Waals surface area contributed by atoms with Crippen molar-refractivity contribution >= 4 is 17.5 Å². The van der Waals surface area contributed by atoms with Gasteiger partial charge in [0.05, 0.1) is 16.9 Å². The van der Waals surface area contributed by atoms with E-state index < -0.39 is 0 Å². The highest BCUT2D eigenvalue weighted by molar-refractivity contribution is 7.99. The number of ketones is 1. The summed E-state index contributed by atoms with van der Waals surface area (Å²) in [5.41, 5.74) is 1.72. The largest absolute Gasteiger partial charge is 0.374 e. The summed E-state index contributed by atoms with van der Waals surface area (Å²) in [5.74, 6) is 2.59. The van der Waals surface area contributed by atoms with Crippen molar-refractivity contribution in [1.29, 1.82) is 0 Å². The quantitative estimate of drug-likeness (QED) is 0.803. The number of carbonyl (C=O) groups excluding carboxylic acids is 1. The van der Waals surface area contributed by atoms with Gasteiger partial charge in [0.25, 0.3) is 0 Å². The summed E-state index contributed by atoms with van der Waals surface area (Å²) in [4.78, 5) is 12.8. The van der Waals surface area contributed by atoms with Gasteiger partial charge in [-0.2, -0.15) is 16.9 Å². The highest BCUT2D eigenvalue weighted by Crippen LogP contribution is 2.41. The minimum absolute atomic E-state index is 0.0299. The van der Waals surface area contributed by atoms with Gasteiger partial charge in [-0.3, -0.25) is 9.48 Å². The van der Waals surface area contributed by atoms with Crippen molar-refractivity contribution in [3.8, 4) is 0 Å². The molecule has 5 heteroatoms. The van der Waals surface area contributed by atoms with E-state index in [9.17, 15) is 4.79 Å². The lowest BCUT2D eigenvalue weighted by atomic mass is 9.81. The fraction of sp³-hybridized carbons (Fsp3) is 0.733. The molecule has 0 bridgehead atoms. The van der Waals surface area contributed by atoms with E-state index in [1.807, 2.05) is 25.0 Å². The molecule has 0 radical (unpaired) electrons. The first kappa shape index (κ1) is 14.1. The topological polar surface area (TPSA) is 44.1 Å². The lowest BCUT2D eigenvalue weighted by Crippen LogP contribution is -2.42. The molecule has 3 rings (SSSR count). The zero-order valence-electron chi connectivity index (χ0n) is 12.2. The molecule has 110 valence electrons. The number of Topliss-reactive ketones (excluding diaryl/α,β-unsaturated/α-hetero) is 1. The van der Waals surface area contributed by atoms with Crippen LogP contribution in [0.1, 0.15) is 42.2 Å². The Bertz CT molecular complexity index is 506. The maximum atomic E-state index is 12.8. The summed E-state index contributed by atoms with van der Waals surface area (Å²) in [6.07, 6.45) is 5.52. The number of hydrogen-bond acceptors (Lipinski definition) is 4. The Kier molecular flexibility index (Phi) is 3.91. The fourth-order valence-electron chi connectivity index (χ4n) is 3.34. The molecule has 1 spiro atoms. The standard InChI is InChI=1S/C15H22N2O2S/c1-3-13-12(9-17(2)16-13)14(18)11-4-6-19-15(8-11)5-7-20-10-15/h9,11H,3-8,10H2,1-2H3. The molecule has 3 heterocycles. The molecule has 4 nitrogen and oxygen atoms in total. The minimum atomic E-state index is -0.0299. The molecular weight excluding hydrogens is 272 g/mol. The van der Waals surface area contributed by atoms with Crippen molar-refractivity contribution in [2.24, 2.45) is 13.0 Å². The smallest absolute Gasteiger partial charge is 0.169 e. The van der Waals surface area contributed by atoms with Crippen molar-refractivity contribution in [2.75, 3.05) is 18.1 Å². The van der Waals surface area contributed by atoms with Gasteiger partial charge in [-0.05, 0) is 31.4 Å². The zero-order chi connectivity index (χ0) is 14.2. The van der Waals surface area contributed by atoms with Crippen LogP contribution in [-0.4, -0.2) is 39.3 Å². The molecule has 2 fully saturated rings. The van der Waals surface area contributed by atoms with Crippen molar-refractivity contribution in [3.05, 3.63) is 17.5 Å². The summed E-state index contributed by atoms with van der Waals surface area (Å²) < 4.78 is 7.77. The Hall–Kier alpha value is -0.810. The number of ether oxygens (including phenoxy) is 1. The van der Waals surface area contributed by atoms with Crippen LogP contribution in [-0.2, 0) is 18.2 Å². The summed E-state index contributed by atoms with van der Waals surface area (Å²) >= 11 is 1.95. The van der Waals surface area contributed by atoms with Gasteiger partial charge < -0.3 is 4.74 Å². The predicted molar refractivity (Wildman–Crippen MR) is 80.3 cm³/mol. The Balaban J connectivity index is 1.79. The van der Waals surface area contributed by atoms with Crippen molar-refractivity contribution in [3.63, 3.8) is 0 Å². The molecule has 1 aromatic rings. The summed E-state index contributed by atoms with van der Waals surface area (Å²) in [6.45, 7) is 2.77. The zero-order valence-corrected chi connectivity index (χ0v) is 13.0. The normalized spacial score (nSPS) is 30.0. The second-order valence-corrected chi connectivity index (χ2v) is 7.01. The van der Waals surface area contributed by atoms with Gasteiger partial charge >= 0.3 is 0 Å². The molecule has 0 N–H and O–H groups in total. The number of hydrogen-bond donors (Lipinski definition) is 0. The van der Waals surface area contributed by atoms with Crippen LogP contribution in [0.15, 0.2) is 6.20 Å². The molecular formula is C15H22N2O2S. The van der Waals surface area contributed by atoms with Gasteiger partial charge in [0.15, 0.2) is 5.78 Å². The van der Waals surface area contributed by atoms with Crippen molar-refractivity contribution in [2.45, 2.75) is 38.2 Å². The lowest BCUT2D eigenvalue weighted by molar-refractivity contribution is -0.0734. The average molecular weight is 294 g/mol. The molecule has 20 heavy (non-hydrogen) atoms. The summed E-state index contributed by atoms with van der Waals surface area (Å²) in [6, 6.07) is 0. The van der Waals surface area contributed by atoms with Crippen LogP contribution >= 0.6 is 11.8 Å². The van der Waals surface area contributed by atoms with Crippen LogP contribution in [0.4, 0.5) is 0 Å². The fourth-order valence-corrected chi connectivity index (χ4v) is 4.71. The van der Waals surface area contributed by atoms with Gasteiger partial charge in [0.1, 0.15) is 0 Å². The van der Waals surface area contributed by atoms with E-state index in [0.717, 1.165) is 55.1 Å². The molecule has 2 atom stereocenters. The van der Waals surface area contributed by atoms with E-state index in [4.69, 9.17) is 4.74 Å². The Labute approximate surface area is 124 Å². The van der Waals surface area contributed by atoms with Crippen molar-refractivity contribution in [1.82, 2.24) is 9.78 Å². The van der Waals surface area contributed by atoms with E-state index in [1.165, 1.54) is 0 Å². The molecule has 0 aliphatic carbocycles. The molecule has 2 aliphatic heterocycles. The maximum Gasteiger partial charge on any atom is 0.169 e. The first-order valence-electron chi connectivity index (χ1n) is 7.42. The van der Waals surface area contributed by atoms with E-state index in [0.29, 0.717) is 0 Å². The van der Waals surface area contributed by atoms with Crippen LogP contribution in [0, 0.1) is 5.92 Å². The van der Waals surface area contributed by atoms with E-state index >= 15 is 0 Å². The molecule has 0 amide bonds. The molecule has 2 saturated heterocycles. The third kappa shape index (κ3) is 2.53. The number of carbonyl (C=O) groups is 1. The van der Waals surface area contributed by atoms with Gasteiger partial charge in [-0.15, -0.1) is 0 Å². The number of aromatic nitrogens is 2. The van der Waals surface area contributed by atoms with Crippen LogP contribution in [0.25, 0.3) is 0 Å². The third-order valence-electron chi connectivity index (χ3n) is 4.44. The predicted octanol–water partition coefficient (Wildman–Crippen LogP) is 2.47. The second kappa shape index (κ2) is 5.53. The highest BCUT2D eigenvalue weighted by atomic mass is 32.2. The van der Waals surface area contributed by atoms with Crippen LogP contribution in [0.3, 0.4) is 0 Å². The van der Waals surface area contributed by atoms with Crippen LogP contribution < -0.4 is 0 Å². The van der Waals surface area contributed by atoms with E-state index in [2.05, 4.69) is 12.0 Å². The number of rotatable bonds is 3. The van der Waals surface area contributed by atoms with E-state index in [-0.39, 0.29) is 17.3 Å². The highest BCUT2D eigenvalue weighted by Gasteiger charge is 2.42. The minimum Gasteiger partial charge on any atom is -0.374 e. The van der Waals surface area contributed by atoms with Crippen LogP contribution in [0.5, 0.6) is 0 Å². The van der Waals surface area contributed by atoms with Gasteiger partial charge in [0.2, 0.25) is 0 Å². The lowest BCUT2D eigenvalue weighted by Gasteiger charge is -2.37. The maximum absolute atomic E-state index is 12.8. The number of nitrogens with zero attached hydrogens (tertiary/aromatic N) is 2. The third-order valence-corrected chi connectivity index (χ3v) is 5.66. The average Bonchev–Trinajstić information content (AvgIpc) is 3.05.